The van der Waals surface area contributed by atoms with Crippen molar-refractivity contribution in [2.24, 2.45) is 0 Å². The zero-order chi connectivity index (χ0) is 14.4. The summed E-state index contributed by atoms with van der Waals surface area (Å²) in [6.45, 7) is 1.72. The van der Waals surface area contributed by atoms with Gasteiger partial charge in [-0.2, -0.15) is 0 Å². The van der Waals surface area contributed by atoms with E-state index in [0.717, 1.165) is 6.07 Å². The lowest BCUT2D eigenvalue weighted by Gasteiger charge is -2.03. The van der Waals surface area contributed by atoms with Crippen LogP contribution in [0.2, 0.25) is 0 Å². The van der Waals surface area contributed by atoms with Gasteiger partial charge in [-0.05, 0) is 18.6 Å². The van der Waals surface area contributed by atoms with E-state index in [0.29, 0.717) is 10.9 Å². The number of carboxylic acid groups (broad SMARTS) is 1. The number of benzene rings is 1. The number of carboxylic acids is 1. The molecule has 6 heteroatoms. The highest BCUT2D eigenvalue weighted by Gasteiger charge is 2.13. The Morgan fingerprint density at radius 1 is 1.00 bits per heavy atom. The first-order valence-electron chi connectivity index (χ1n) is 5.71. The molecule has 0 aliphatic heterocycles. The van der Waals surface area contributed by atoms with Crippen molar-refractivity contribution < 1.29 is 18.7 Å². The molecule has 0 radical (unpaired) electrons. The summed E-state index contributed by atoms with van der Waals surface area (Å²) in [6, 6.07) is 5.12. The van der Waals surface area contributed by atoms with Crippen LogP contribution in [0.5, 0.6) is 0 Å². The number of hydrogen-bond acceptors (Lipinski definition) is 5. The summed E-state index contributed by atoms with van der Waals surface area (Å²) in [6.07, 6.45) is 0. The molecule has 0 saturated carbocycles. The molecule has 0 fully saturated rings. The van der Waals surface area contributed by atoms with E-state index >= 15 is 0 Å². The summed E-state index contributed by atoms with van der Waals surface area (Å²) in [7, 11) is 0. The van der Waals surface area contributed by atoms with Crippen LogP contribution in [0.3, 0.4) is 0 Å². The van der Waals surface area contributed by atoms with Gasteiger partial charge in [-0.3, -0.25) is 4.79 Å². The molecule has 0 aliphatic rings. The topological polar surface area (TPSA) is 97.7 Å². The fourth-order valence-electron chi connectivity index (χ4n) is 2.07. The molecule has 3 aromatic rings. The predicted octanol–water partition coefficient (Wildman–Crippen LogP) is 1.91. The molecule has 0 aliphatic carbocycles. The Morgan fingerprint density at radius 2 is 1.70 bits per heavy atom. The molecule has 20 heavy (non-hydrogen) atoms. The predicted molar refractivity (Wildman–Crippen MR) is 70.2 cm³/mol. The number of rotatable bonds is 1. The highest BCUT2D eigenvalue weighted by molar-refractivity contribution is 5.95. The molecule has 3 rings (SSSR count). The molecule has 0 bridgehead atoms. The maximum absolute atomic E-state index is 11.9. The number of hydrogen-bond donors (Lipinski definition) is 1. The summed E-state index contributed by atoms with van der Waals surface area (Å²) in [5, 5.41) is 9.70. The molecule has 0 amide bonds. The van der Waals surface area contributed by atoms with Crippen molar-refractivity contribution in [1.82, 2.24) is 0 Å². The summed E-state index contributed by atoms with van der Waals surface area (Å²) >= 11 is 0. The van der Waals surface area contributed by atoms with Crippen LogP contribution in [-0.4, -0.2) is 11.1 Å². The Labute approximate surface area is 110 Å². The SMILES string of the molecule is Cc1cc(=O)oc2cc3oc(C(=O)O)cc(=O)c3cc12. The van der Waals surface area contributed by atoms with Gasteiger partial charge in [-0.15, -0.1) is 0 Å². The lowest BCUT2D eigenvalue weighted by molar-refractivity contribution is 0.0663. The van der Waals surface area contributed by atoms with Crippen molar-refractivity contribution in [2.75, 3.05) is 0 Å². The molecule has 2 aromatic heterocycles. The molecule has 1 N–H and O–H groups in total. The third-order valence-corrected chi connectivity index (χ3v) is 3.01. The van der Waals surface area contributed by atoms with E-state index in [2.05, 4.69) is 0 Å². The Hall–Kier alpha value is -2.89. The lowest BCUT2D eigenvalue weighted by Crippen LogP contribution is -2.07. The normalized spacial score (nSPS) is 11.1. The van der Waals surface area contributed by atoms with Crippen molar-refractivity contribution in [3.05, 3.63) is 56.2 Å². The van der Waals surface area contributed by atoms with Gasteiger partial charge >= 0.3 is 11.6 Å². The van der Waals surface area contributed by atoms with Crippen LogP contribution in [0.25, 0.3) is 21.9 Å². The lowest BCUT2D eigenvalue weighted by atomic mass is 10.1. The van der Waals surface area contributed by atoms with Crippen molar-refractivity contribution in [2.45, 2.75) is 6.92 Å². The summed E-state index contributed by atoms with van der Waals surface area (Å²) in [5.41, 5.74) is -0.00793. The van der Waals surface area contributed by atoms with E-state index in [9.17, 15) is 14.4 Å². The fourth-order valence-corrected chi connectivity index (χ4v) is 2.07. The average molecular weight is 272 g/mol. The third-order valence-electron chi connectivity index (χ3n) is 3.01. The second-order valence-corrected chi connectivity index (χ2v) is 4.37. The molecule has 1 aromatic carbocycles. The monoisotopic (exact) mass is 272 g/mol. The maximum Gasteiger partial charge on any atom is 0.371 e. The summed E-state index contributed by atoms with van der Waals surface area (Å²) in [5.74, 6) is -1.80. The van der Waals surface area contributed by atoms with Gasteiger partial charge in [0, 0.05) is 23.6 Å². The van der Waals surface area contributed by atoms with E-state index in [1.165, 1.54) is 18.2 Å². The van der Waals surface area contributed by atoms with Crippen LogP contribution in [0, 0.1) is 6.92 Å². The smallest absolute Gasteiger partial charge is 0.371 e. The Kier molecular flexibility index (Phi) is 2.47. The van der Waals surface area contributed by atoms with Gasteiger partial charge in [0.05, 0.1) is 5.39 Å². The van der Waals surface area contributed by atoms with E-state index in [1.54, 1.807) is 6.92 Å². The Balaban J connectivity index is 2.51. The number of carbonyl (C=O) groups is 1. The minimum absolute atomic E-state index is 0.0659. The molecule has 6 nitrogen and oxygen atoms in total. The van der Waals surface area contributed by atoms with Crippen molar-refractivity contribution in [3.8, 4) is 0 Å². The summed E-state index contributed by atoms with van der Waals surface area (Å²) < 4.78 is 10.2. The molecule has 0 spiro atoms. The molecule has 0 saturated heterocycles. The number of aryl methyl sites for hydroxylation is 1. The maximum atomic E-state index is 11.9. The summed E-state index contributed by atoms with van der Waals surface area (Å²) in [4.78, 5) is 34.1. The quantitative estimate of drug-likeness (QED) is 0.536. The second-order valence-electron chi connectivity index (χ2n) is 4.37. The van der Waals surface area contributed by atoms with E-state index in [4.69, 9.17) is 13.9 Å². The molecule has 100 valence electrons. The molecule has 0 unspecified atom stereocenters. The second kappa shape index (κ2) is 4.06. The van der Waals surface area contributed by atoms with Gasteiger partial charge in [-0.25, -0.2) is 9.59 Å². The molecular formula is C14H8O6. The minimum atomic E-state index is -1.34. The van der Waals surface area contributed by atoms with Gasteiger partial charge in [0.15, 0.2) is 5.43 Å². The van der Waals surface area contributed by atoms with Crippen LogP contribution in [-0.2, 0) is 0 Å². The van der Waals surface area contributed by atoms with Gasteiger partial charge in [0.1, 0.15) is 11.2 Å². The number of aromatic carboxylic acids is 1. The van der Waals surface area contributed by atoms with Crippen LogP contribution >= 0.6 is 0 Å². The third kappa shape index (κ3) is 1.78. The Morgan fingerprint density at radius 3 is 2.40 bits per heavy atom. The zero-order valence-electron chi connectivity index (χ0n) is 10.3. The van der Waals surface area contributed by atoms with Gasteiger partial charge in [-0.1, -0.05) is 0 Å². The van der Waals surface area contributed by atoms with Crippen molar-refractivity contribution in [1.29, 1.82) is 0 Å². The fraction of sp³-hybridized carbons (Fsp3) is 0.0714. The average Bonchev–Trinajstić information content (AvgIpc) is 2.36. The first-order valence-corrected chi connectivity index (χ1v) is 5.71. The zero-order valence-corrected chi connectivity index (χ0v) is 10.3. The molecule has 2 heterocycles. The van der Waals surface area contributed by atoms with Crippen LogP contribution in [0.15, 0.2) is 42.7 Å². The van der Waals surface area contributed by atoms with Crippen LogP contribution in [0.1, 0.15) is 16.1 Å². The van der Waals surface area contributed by atoms with Crippen LogP contribution < -0.4 is 11.1 Å². The highest BCUT2D eigenvalue weighted by Crippen LogP contribution is 2.23. The van der Waals surface area contributed by atoms with Crippen molar-refractivity contribution >= 4 is 27.9 Å². The largest absolute Gasteiger partial charge is 0.475 e. The standard InChI is InChI=1S/C14H8O6/c1-6-2-13(16)20-10-5-11-8(3-7(6)10)9(15)4-12(19-11)14(17)18/h2-5H,1H3,(H,17,18). The van der Waals surface area contributed by atoms with E-state index in [-0.39, 0.29) is 16.6 Å². The van der Waals surface area contributed by atoms with Gasteiger partial charge in [0.25, 0.3) is 0 Å². The highest BCUT2D eigenvalue weighted by atomic mass is 16.4. The van der Waals surface area contributed by atoms with Crippen molar-refractivity contribution in [3.63, 3.8) is 0 Å². The first kappa shape index (κ1) is 12.2. The van der Waals surface area contributed by atoms with Gasteiger partial charge < -0.3 is 13.9 Å². The first-order chi connectivity index (χ1) is 9.45. The molecular weight excluding hydrogens is 264 g/mol. The van der Waals surface area contributed by atoms with E-state index < -0.39 is 22.8 Å². The number of fused-ring (bicyclic) bond motifs is 2. The van der Waals surface area contributed by atoms with Gasteiger partial charge in [0.2, 0.25) is 5.76 Å². The molecule has 0 atom stereocenters. The van der Waals surface area contributed by atoms with Crippen LogP contribution in [0.4, 0.5) is 0 Å². The minimum Gasteiger partial charge on any atom is -0.475 e. The Bertz CT molecular complexity index is 977. The van der Waals surface area contributed by atoms with E-state index in [1.807, 2.05) is 0 Å².